The Bertz CT molecular complexity index is 1010. The number of aromatic nitrogens is 2. The van der Waals surface area contributed by atoms with Gasteiger partial charge in [0.25, 0.3) is 0 Å². The van der Waals surface area contributed by atoms with Gasteiger partial charge in [-0.3, -0.25) is 4.79 Å². The molecule has 0 radical (unpaired) electrons. The summed E-state index contributed by atoms with van der Waals surface area (Å²) in [4.78, 5) is 24.3. The number of carbonyl (C=O) groups excluding carboxylic acids is 1. The SMILES string of the molecule is Cc1cccc(NC(=O)[C@H](C)Sc2ncnc3sc4c(c23)CCCC4)c1C. The van der Waals surface area contributed by atoms with Crippen LogP contribution in [-0.4, -0.2) is 21.1 Å². The second-order valence-corrected chi connectivity index (χ2v) is 9.48. The molecule has 1 atom stereocenters. The Hall–Kier alpha value is -1.92. The van der Waals surface area contributed by atoms with Gasteiger partial charge >= 0.3 is 0 Å². The number of hydrogen-bond acceptors (Lipinski definition) is 5. The zero-order valence-electron chi connectivity index (χ0n) is 15.8. The van der Waals surface area contributed by atoms with Crippen molar-refractivity contribution in [2.24, 2.45) is 0 Å². The quantitative estimate of drug-likeness (QED) is 0.479. The number of rotatable bonds is 4. The van der Waals surface area contributed by atoms with Crippen LogP contribution in [0.3, 0.4) is 0 Å². The highest BCUT2D eigenvalue weighted by Gasteiger charge is 2.23. The molecule has 1 aromatic carbocycles. The van der Waals surface area contributed by atoms with E-state index in [1.165, 1.54) is 46.0 Å². The maximum atomic E-state index is 12.8. The van der Waals surface area contributed by atoms with Crippen molar-refractivity contribution in [3.8, 4) is 0 Å². The van der Waals surface area contributed by atoms with Gasteiger partial charge in [-0.05, 0) is 69.2 Å². The molecule has 0 fully saturated rings. The van der Waals surface area contributed by atoms with E-state index in [9.17, 15) is 4.79 Å². The molecule has 140 valence electrons. The molecule has 4 nitrogen and oxygen atoms in total. The molecule has 0 bridgehead atoms. The summed E-state index contributed by atoms with van der Waals surface area (Å²) in [5.74, 6) is 0.00422. The molecule has 27 heavy (non-hydrogen) atoms. The number of anilines is 1. The minimum atomic E-state index is -0.234. The molecule has 0 spiro atoms. The van der Waals surface area contributed by atoms with E-state index >= 15 is 0 Å². The van der Waals surface area contributed by atoms with Crippen molar-refractivity contribution in [2.75, 3.05) is 5.32 Å². The third-order valence-electron chi connectivity index (χ3n) is 5.24. The fourth-order valence-electron chi connectivity index (χ4n) is 3.49. The normalized spacial score (nSPS) is 14.8. The summed E-state index contributed by atoms with van der Waals surface area (Å²) in [7, 11) is 0. The molecule has 0 saturated carbocycles. The Morgan fingerprint density at radius 2 is 2.04 bits per heavy atom. The second kappa shape index (κ2) is 7.60. The molecule has 1 amide bonds. The average Bonchev–Trinajstić information content (AvgIpc) is 3.05. The van der Waals surface area contributed by atoms with Gasteiger partial charge < -0.3 is 5.32 Å². The van der Waals surface area contributed by atoms with Crippen molar-refractivity contribution in [3.05, 3.63) is 46.1 Å². The Morgan fingerprint density at radius 1 is 1.22 bits per heavy atom. The summed E-state index contributed by atoms with van der Waals surface area (Å²) in [6, 6.07) is 5.98. The van der Waals surface area contributed by atoms with Crippen molar-refractivity contribution >= 4 is 44.9 Å². The predicted octanol–water partition coefficient (Wildman–Crippen LogP) is 5.31. The van der Waals surface area contributed by atoms with E-state index in [2.05, 4.69) is 28.3 Å². The number of nitrogens with zero attached hydrogens (tertiary/aromatic N) is 2. The number of amides is 1. The number of fused-ring (bicyclic) bond motifs is 3. The number of carbonyl (C=O) groups is 1. The van der Waals surface area contributed by atoms with Gasteiger partial charge in [-0.1, -0.05) is 23.9 Å². The van der Waals surface area contributed by atoms with Crippen molar-refractivity contribution in [1.82, 2.24) is 9.97 Å². The largest absolute Gasteiger partial charge is 0.325 e. The third-order valence-corrected chi connectivity index (χ3v) is 7.54. The lowest BCUT2D eigenvalue weighted by Gasteiger charge is -2.15. The number of hydrogen-bond donors (Lipinski definition) is 1. The lowest BCUT2D eigenvalue weighted by molar-refractivity contribution is -0.115. The molecule has 2 heterocycles. The maximum absolute atomic E-state index is 12.8. The van der Waals surface area contributed by atoms with E-state index < -0.39 is 0 Å². The molecule has 6 heteroatoms. The van der Waals surface area contributed by atoms with Crippen molar-refractivity contribution in [1.29, 1.82) is 0 Å². The first-order valence-corrected chi connectivity index (χ1v) is 11.0. The average molecular weight is 398 g/mol. The monoisotopic (exact) mass is 397 g/mol. The molecular formula is C21H23N3OS2. The second-order valence-electron chi connectivity index (χ2n) is 7.07. The van der Waals surface area contributed by atoms with Crippen LogP contribution in [0.5, 0.6) is 0 Å². The van der Waals surface area contributed by atoms with Crippen LogP contribution < -0.4 is 5.32 Å². The van der Waals surface area contributed by atoms with Crippen LogP contribution in [0.25, 0.3) is 10.2 Å². The van der Waals surface area contributed by atoms with Gasteiger partial charge in [0.2, 0.25) is 5.91 Å². The molecule has 2 aromatic heterocycles. The summed E-state index contributed by atoms with van der Waals surface area (Å²) in [5.41, 5.74) is 4.58. The first kappa shape index (κ1) is 18.4. The maximum Gasteiger partial charge on any atom is 0.237 e. The zero-order valence-corrected chi connectivity index (χ0v) is 17.5. The summed E-state index contributed by atoms with van der Waals surface area (Å²) in [6.07, 6.45) is 6.34. The third kappa shape index (κ3) is 3.60. The molecule has 1 N–H and O–H groups in total. The van der Waals surface area contributed by atoms with Crippen molar-refractivity contribution in [3.63, 3.8) is 0 Å². The number of aryl methyl sites for hydroxylation is 3. The van der Waals surface area contributed by atoms with Crippen molar-refractivity contribution < 1.29 is 4.79 Å². The Balaban J connectivity index is 1.57. The first-order valence-electron chi connectivity index (χ1n) is 9.33. The standard InChI is InChI=1S/C21H23N3OS2/c1-12-7-6-9-16(13(12)2)24-19(25)14(3)26-20-18-15-8-4-5-10-17(15)27-21(18)23-11-22-20/h6-7,9,11,14H,4-5,8,10H2,1-3H3,(H,24,25)/t14-/m0/s1. The first-order chi connectivity index (χ1) is 13.0. The Labute approximate surface area is 167 Å². The van der Waals surface area contributed by atoms with Crippen molar-refractivity contribution in [2.45, 2.75) is 56.7 Å². The van der Waals surface area contributed by atoms with Crippen LogP contribution in [0.2, 0.25) is 0 Å². The molecule has 1 aliphatic rings. The predicted molar refractivity (Wildman–Crippen MR) is 114 cm³/mol. The van der Waals surface area contributed by atoms with Crippen LogP contribution >= 0.6 is 23.1 Å². The van der Waals surface area contributed by atoms with Gasteiger partial charge in [-0.15, -0.1) is 11.3 Å². The van der Waals surface area contributed by atoms with Gasteiger partial charge in [0.15, 0.2) is 0 Å². The van der Waals surface area contributed by atoms with Crippen LogP contribution in [-0.2, 0) is 17.6 Å². The molecule has 0 aliphatic heterocycles. The highest BCUT2D eigenvalue weighted by molar-refractivity contribution is 8.00. The Kier molecular flexibility index (Phi) is 5.19. The van der Waals surface area contributed by atoms with Gasteiger partial charge in [0, 0.05) is 16.0 Å². The number of thioether (sulfide) groups is 1. The highest BCUT2D eigenvalue weighted by Crippen LogP contribution is 2.40. The van der Waals surface area contributed by atoms with E-state index in [1.807, 2.05) is 26.0 Å². The minimum absolute atomic E-state index is 0.00422. The van der Waals surface area contributed by atoms with Crippen LogP contribution in [0, 0.1) is 13.8 Å². The zero-order chi connectivity index (χ0) is 19.0. The smallest absolute Gasteiger partial charge is 0.237 e. The molecule has 0 saturated heterocycles. The van der Waals surface area contributed by atoms with E-state index in [0.717, 1.165) is 33.9 Å². The fourth-order valence-corrected chi connectivity index (χ4v) is 5.73. The lowest BCUT2D eigenvalue weighted by Crippen LogP contribution is -2.23. The molecule has 4 rings (SSSR count). The van der Waals surface area contributed by atoms with E-state index in [-0.39, 0.29) is 11.2 Å². The molecule has 3 aromatic rings. The van der Waals surface area contributed by atoms with Gasteiger partial charge in [0.05, 0.1) is 5.25 Å². The number of benzene rings is 1. The Morgan fingerprint density at radius 3 is 2.89 bits per heavy atom. The highest BCUT2D eigenvalue weighted by atomic mass is 32.2. The van der Waals surface area contributed by atoms with Crippen LogP contribution in [0.1, 0.15) is 41.3 Å². The van der Waals surface area contributed by atoms with E-state index in [4.69, 9.17) is 0 Å². The molecular weight excluding hydrogens is 374 g/mol. The fraction of sp³-hybridized carbons (Fsp3) is 0.381. The molecule has 0 unspecified atom stereocenters. The van der Waals surface area contributed by atoms with E-state index in [1.54, 1.807) is 17.7 Å². The van der Waals surface area contributed by atoms with Gasteiger partial charge in [-0.2, -0.15) is 0 Å². The topological polar surface area (TPSA) is 54.9 Å². The summed E-state index contributed by atoms with van der Waals surface area (Å²) < 4.78 is 0. The number of thiophene rings is 1. The minimum Gasteiger partial charge on any atom is -0.325 e. The van der Waals surface area contributed by atoms with Crippen LogP contribution in [0.4, 0.5) is 5.69 Å². The summed E-state index contributed by atoms with van der Waals surface area (Å²) in [6.45, 7) is 6.03. The van der Waals surface area contributed by atoms with Crippen LogP contribution in [0.15, 0.2) is 29.6 Å². The summed E-state index contributed by atoms with van der Waals surface area (Å²) >= 11 is 3.32. The number of nitrogens with one attached hydrogen (secondary N) is 1. The molecule has 1 aliphatic carbocycles. The van der Waals surface area contributed by atoms with Gasteiger partial charge in [0.1, 0.15) is 16.2 Å². The van der Waals surface area contributed by atoms with Gasteiger partial charge in [-0.25, -0.2) is 9.97 Å². The summed E-state index contributed by atoms with van der Waals surface area (Å²) in [5, 5.41) is 4.95. The van der Waals surface area contributed by atoms with E-state index in [0.29, 0.717) is 0 Å². The lowest BCUT2D eigenvalue weighted by atomic mass is 9.97.